The first-order valence-corrected chi connectivity index (χ1v) is 5.61. The van der Waals surface area contributed by atoms with E-state index < -0.39 is 0 Å². The lowest BCUT2D eigenvalue weighted by Crippen LogP contribution is -2.11. The molecule has 0 saturated carbocycles. The Kier molecular flexibility index (Phi) is 2.82. The van der Waals surface area contributed by atoms with E-state index in [-0.39, 0.29) is 5.41 Å². The Labute approximate surface area is 97.0 Å². The topological polar surface area (TPSA) is 17.8 Å². The van der Waals surface area contributed by atoms with Gasteiger partial charge in [-0.15, -0.1) is 0 Å². The van der Waals surface area contributed by atoms with E-state index in [0.717, 1.165) is 6.54 Å². The summed E-state index contributed by atoms with van der Waals surface area (Å²) in [6, 6.07) is 8.76. The molecule has 0 unspecified atom stereocenters. The standard InChI is InChI=1S/C14H18N2/c1-14(2,3)13-6-4-5-12(9-13)10-16-8-7-15-11-16/h4-9,11H,10H2,1-3H3. The summed E-state index contributed by atoms with van der Waals surface area (Å²) in [5.41, 5.74) is 2.92. The van der Waals surface area contributed by atoms with E-state index in [9.17, 15) is 0 Å². The Morgan fingerprint density at radius 3 is 2.69 bits per heavy atom. The average molecular weight is 214 g/mol. The largest absolute Gasteiger partial charge is 0.333 e. The smallest absolute Gasteiger partial charge is 0.0949 e. The lowest BCUT2D eigenvalue weighted by Gasteiger charge is -2.19. The van der Waals surface area contributed by atoms with Crippen molar-refractivity contribution in [3.8, 4) is 0 Å². The van der Waals surface area contributed by atoms with Crippen LogP contribution in [0.3, 0.4) is 0 Å². The molecule has 0 radical (unpaired) electrons. The van der Waals surface area contributed by atoms with Crippen molar-refractivity contribution in [1.29, 1.82) is 0 Å². The minimum absolute atomic E-state index is 0.213. The molecular formula is C14H18N2. The molecule has 16 heavy (non-hydrogen) atoms. The van der Waals surface area contributed by atoms with Gasteiger partial charge in [0, 0.05) is 18.9 Å². The van der Waals surface area contributed by atoms with E-state index in [4.69, 9.17) is 0 Å². The van der Waals surface area contributed by atoms with Crippen molar-refractivity contribution in [2.75, 3.05) is 0 Å². The highest BCUT2D eigenvalue weighted by atomic mass is 15.0. The maximum absolute atomic E-state index is 4.05. The third-order valence-electron chi connectivity index (χ3n) is 2.72. The van der Waals surface area contributed by atoms with Gasteiger partial charge in [0.05, 0.1) is 6.33 Å². The fourth-order valence-electron chi connectivity index (χ4n) is 1.73. The van der Waals surface area contributed by atoms with Crippen molar-refractivity contribution in [1.82, 2.24) is 9.55 Å². The van der Waals surface area contributed by atoms with Crippen LogP contribution in [0.15, 0.2) is 43.0 Å². The molecule has 0 aliphatic carbocycles. The summed E-state index contributed by atoms with van der Waals surface area (Å²) in [7, 11) is 0. The van der Waals surface area contributed by atoms with Crippen LogP contribution in [0.1, 0.15) is 31.9 Å². The Morgan fingerprint density at radius 1 is 1.25 bits per heavy atom. The number of benzene rings is 1. The van der Waals surface area contributed by atoms with Gasteiger partial charge in [-0.3, -0.25) is 0 Å². The number of rotatable bonds is 2. The summed E-state index contributed by atoms with van der Waals surface area (Å²) in [4.78, 5) is 4.05. The van der Waals surface area contributed by atoms with Crippen molar-refractivity contribution in [3.05, 3.63) is 54.1 Å². The van der Waals surface area contributed by atoms with Gasteiger partial charge < -0.3 is 4.57 Å². The quantitative estimate of drug-likeness (QED) is 0.750. The zero-order chi connectivity index (χ0) is 11.6. The average Bonchev–Trinajstić information content (AvgIpc) is 2.70. The molecule has 0 fully saturated rings. The highest BCUT2D eigenvalue weighted by molar-refractivity contribution is 5.28. The fraction of sp³-hybridized carbons (Fsp3) is 0.357. The van der Waals surface area contributed by atoms with E-state index in [0.29, 0.717) is 0 Å². The number of hydrogen-bond acceptors (Lipinski definition) is 1. The molecule has 2 aromatic rings. The van der Waals surface area contributed by atoms with Crippen LogP contribution in [0.2, 0.25) is 0 Å². The van der Waals surface area contributed by atoms with Crippen LogP contribution in [0, 0.1) is 0 Å². The molecule has 0 aliphatic rings. The second kappa shape index (κ2) is 4.12. The molecule has 1 heterocycles. The van der Waals surface area contributed by atoms with Crippen molar-refractivity contribution >= 4 is 0 Å². The van der Waals surface area contributed by atoms with Gasteiger partial charge in [-0.25, -0.2) is 4.98 Å². The van der Waals surface area contributed by atoms with E-state index >= 15 is 0 Å². The highest BCUT2D eigenvalue weighted by Crippen LogP contribution is 2.22. The Bertz CT molecular complexity index is 450. The first-order chi connectivity index (χ1) is 7.55. The van der Waals surface area contributed by atoms with Gasteiger partial charge in [-0.1, -0.05) is 45.0 Å². The molecule has 0 saturated heterocycles. The van der Waals surface area contributed by atoms with E-state index in [1.165, 1.54) is 11.1 Å². The molecule has 0 bridgehead atoms. The zero-order valence-corrected chi connectivity index (χ0v) is 10.1. The number of hydrogen-bond donors (Lipinski definition) is 0. The van der Waals surface area contributed by atoms with E-state index in [1.54, 1.807) is 0 Å². The normalized spacial score (nSPS) is 11.7. The first kappa shape index (κ1) is 10.9. The predicted octanol–water partition coefficient (Wildman–Crippen LogP) is 3.23. The van der Waals surface area contributed by atoms with Gasteiger partial charge in [-0.2, -0.15) is 0 Å². The minimum atomic E-state index is 0.213. The second-order valence-electron chi connectivity index (χ2n) is 5.19. The zero-order valence-electron chi connectivity index (χ0n) is 10.1. The highest BCUT2D eigenvalue weighted by Gasteiger charge is 2.13. The molecule has 1 aromatic carbocycles. The van der Waals surface area contributed by atoms with Gasteiger partial charge in [-0.05, 0) is 16.5 Å². The lowest BCUT2D eigenvalue weighted by atomic mass is 9.86. The predicted molar refractivity (Wildman–Crippen MR) is 66.5 cm³/mol. The Morgan fingerprint density at radius 2 is 2.06 bits per heavy atom. The van der Waals surface area contributed by atoms with E-state index in [1.807, 2.05) is 18.7 Å². The minimum Gasteiger partial charge on any atom is -0.333 e. The van der Waals surface area contributed by atoms with Crippen LogP contribution in [-0.2, 0) is 12.0 Å². The van der Waals surface area contributed by atoms with Gasteiger partial charge in [0.25, 0.3) is 0 Å². The third-order valence-corrected chi connectivity index (χ3v) is 2.72. The molecule has 84 valence electrons. The molecule has 2 nitrogen and oxygen atoms in total. The van der Waals surface area contributed by atoms with Crippen molar-refractivity contribution in [3.63, 3.8) is 0 Å². The third kappa shape index (κ3) is 2.51. The molecule has 2 heteroatoms. The molecule has 0 aliphatic heterocycles. The van der Waals surface area contributed by atoms with Gasteiger partial charge in [0.1, 0.15) is 0 Å². The molecule has 0 amide bonds. The maximum atomic E-state index is 4.05. The summed E-state index contributed by atoms with van der Waals surface area (Å²) in [6.07, 6.45) is 5.65. The fourth-order valence-corrected chi connectivity index (χ4v) is 1.73. The molecular weight excluding hydrogens is 196 g/mol. The first-order valence-electron chi connectivity index (χ1n) is 5.61. The number of imidazole rings is 1. The second-order valence-corrected chi connectivity index (χ2v) is 5.19. The van der Waals surface area contributed by atoms with Crippen LogP contribution in [0.25, 0.3) is 0 Å². The Balaban J connectivity index is 2.23. The van der Waals surface area contributed by atoms with Crippen LogP contribution in [0.5, 0.6) is 0 Å². The summed E-state index contributed by atoms with van der Waals surface area (Å²) >= 11 is 0. The van der Waals surface area contributed by atoms with E-state index in [2.05, 4.69) is 54.6 Å². The molecule has 0 atom stereocenters. The lowest BCUT2D eigenvalue weighted by molar-refractivity contribution is 0.588. The molecule has 2 rings (SSSR count). The Hall–Kier alpha value is -1.57. The molecule has 0 spiro atoms. The summed E-state index contributed by atoms with van der Waals surface area (Å²) in [6.45, 7) is 7.61. The SMILES string of the molecule is CC(C)(C)c1cccc(Cn2ccnc2)c1. The van der Waals surface area contributed by atoms with Gasteiger partial charge in [0.2, 0.25) is 0 Å². The van der Waals surface area contributed by atoms with Crippen LogP contribution in [0.4, 0.5) is 0 Å². The van der Waals surface area contributed by atoms with Crippen LogP contribution < -0.4 is 0 Å². The van der Waals surface area contributed by atoms with Gasteiger partial charge >= 0.3 is 0 Å². The summed E-state index contributed by atoms with van der Waals surface area (Å²) < 4.78 is 2.09. The summed E-state index contributed by atoms with van der Waals surface area (Å²) in [5.74, 6) is 0. The van der Waals surface area contributed by atoms with Crippen LogP contribution >= 0.6 is 0 Å². The number of nitrogens with zero attached hydrogens (tertiary/aromatic N) is 2. The van der Waals surface area contributed by atoms with Crippen LogP contribution in [-0.4, -0.2) is 9.55 Å². The van der Waals surface area contributed by atoms with Gasteiger partial charge in [0.15, 0.2) is 0 Å². The molecule has 1 aromatic heterocycles. The summed E-state index contributed by atoms with van der Waals surface area (Å²) in [5, 5.41) is 0. The van der Waals surface area contributed by atoms with Crippen molar-refractivity contribution < 1.29 is 0 Å². The maximum Gasteiger partial charge on any atom is 0.0949 e. The van der Waals surface area contributed by atoms with Crippen molar-refractivity contribution in [2.24, 2.45) is 0 Å². The number of aromatic nitrogens is 2. The monoisotopic (exact) mass is 214 g/mol. The van der Waals surface area contributed by atoms with Crippen molar-refractivity contribution in [2.45, 2.75) is 32.7 Å². The molecule has 0 N–H and O–H groups in total.